The predicted octanol–water partition coefficient (Wildman–Crippen LogP) is 6.27. The summed E-state index contributed by atoms with van der Waals surface area (Å²) in [5.41, 5.74) is 14.3. The predicted molar refractivity (Wildman–Crippen MR) is 143 cm³/mol. The van der Waals surface area contributed by atoms with Gasteiger partial charge in [-0.25, -0.2) is 0 Å². The van der Waals surface area contributed by atoms with Crippen LogP contribution >= 0.6 is 0 Å². The fourth-order valence-corrected chi connectivity index (χ4v) is 4.26. The number of ether oxygens (including phenoxy) is 1. The van der Waals surface area contributed by atoms with Crippen molar-refractivity contribution in [3.8, 4) is 28.1 Å². The lowest BCUT2D eigenvalue weighted by atomic mass is 9.97. The molecule has 0 aliphatic carbocycles. The monoisotopic (exact) mass is 460 g/mol. The number of fused-ring (bicyclic) bond motifs is 1. The standard InChI is InChI=1S/C30H28N4O/c1-20(2)29-27-16-23(13-14-28(27)33-34-29)26-17-25(18-32-30(26)22-11-7-4-8-12-22)35-19-24(31)15-21-9-5-3-6-10-21/h3-14,16-18,24H,1,15,19,31H2,2H3,(H,33,34)/t24-/m0/s1. The maximum Gasteiger partial charge on any atom is 0.138 e. The third-order valence-electron chi connectivity index (χ3n) is 5.99. The molecule has 0 amide bonds. The van der Waals surface area contributed by atoms with Crippen LogP contribution in [-0.4, -0.2) is 27.8 Å². The van der Waals surface area contributed by atoms with Crippen molar-refractivity contribution in [2.45, 2.75) is 19.4 Å². The molecule has 5 aromatic rings. The summed E-state index contributed by atoms with van der Waals surface area (Å²) in [6.45, 7) is 6.44. The van der Waals surface area contributed by atoms with Gasteiger partial charge in [-0.3, -0.25) is 10.1 Å². The van der Waals surface area contributed by atoms with Gasteiger partial charge >= 0.3 is 0 Å². The Morgan fingerprint density at radius 3 is 2.46 bits per heavy atom. The third kappa shape index (κ3) is 5.00. The van der Waals surface area contributed by atoms with E-state index in [1.807, 2.05) is 55.5 Å². The van der Waals surface area contributed by atoms with Crippen molar-refractivity contribution in [2.24, 2.45) is 5.73 Å². The molecule has 0 spiro atoms. The highest BCUT2D eigenvalue weighted by Gasteiger charge is 2.15. The third-order valence-corrected chi connectivity index (χ3v) is 5.99. The van der Waals surface area contributed by atoms with Crippen molar-refractivity contribution in [1.82, 2.24) is 15.2 Å². The number of aromatic nitrogens is 3. The number of nitrogens with one attached hydrogen (secondary N) is 1. The maximum absolute atomic E-state index is 6.35. The number of aromatic amines is 1. The number of nitrogens with two attached hydrogens (primary N) is 1. The second-order valence-corrected chi connectivity index (χ2v) is 8.81. The van der Waals surface area contributed by atoms with Gasteiger partial charge in [0.05, 0.1) is 23.1 Å². The van der Waals surface area contributed by atoms with E-state index in [1.165, 1.54) is 5.56 Å². The molecule has 0 aliphatic rings. The molecule has 1 atom stereocenters. The molecule has 5 heteroatoms. The fourth-order valence-electron chi connectivity index (χ4n) is 4.26. The minimum absolute atomic E-state index is 0.116. The molecule has 0 saturated heterocycles. The minimum Gasteiger partial charge on any atom is -0.490 e. The average molecular weight is 461 g/mol. The summed E-state index contributed by atoms with van der Waals surface area (Å²) in [6.07, 6.45) is 2.53. The number of rotatable bonds is 8. The molecule has 2 aromatic heterocycles. The van der Waals surface area contributed by atoms with Crippen LogP contribution in [0.4, 0.5) is 0 Å². The van der Waals surface area contributed by atoms with Crippen LogP contribution in [0.25, 0.3) is 38.9 Å². The van der Waals surface area contributed by atoms with Crippen LogP contribution in [-0.2, 0) is 6.42 Å². The summed E-state index contributed by atoms with van der Waals surface area (Å²) < 4.78 is 6.11. The van der Waals surface area contributed by atoms with Crippen LogP contribution in [0, 0.1) is 0 Å². The van der Waals surface area contributed by atoms with Crippen molar-refractivity contribution in [3.05, 3.63) is 109 Å². The highest BCUT2D eigenvalue weighted by atomic mass is 16.5. The molecule has 0 unspecified atom stereocenters. The second-order valence-electron chi connectivity index (χ2n) is 8.81. The molecule has 3 N–H and O–H groups in total. The molecule has 0 fully saturated rings. The minimum atomic E-state index is -0.116. The SMILES string of the molecule is C=C(C)c1n[nH]c2ccc(-c3cc(OC[C@@H](N)Cc4ccccc4)cnc3-c3ccccc3)cc12. The highest BCUT2D eigenvalue weighted by molar-refractivity contribution is 5.94. The van der Waals surface area contributed by atoms with E-state index in [4.69, 9.17) is 15.5 Å². The quantitative estimate of drug-likeness (QED) is 0.286. The van der Waals surface area contributed by atoms with Gasteiger partial charge in [-0.05, 0) is 48.2 Å². The van der Waals surface area contributed by atoms with Crippen molar-refractivity contribution >= 4 is 16.5 Å². The Morgan fingerprint density at radius 2 is 1.71 bits per heavy atom. The average Bonchev–Trinajstić information content (AvgIpc) is 3.32. The molecule has 174 valence electrons. The van der Waals surface area contributed by atoms with Gasteiger partial charge in [0, 0.05) is 22.6 Å². The molecule has 5 rings (SSSR count). The normalized spacial score (nSPS) is 11.9. The first-order chi connectivity index (χ1) is 17.1. The van der Waals surface area contributed by atoms with Crippen molar-refractivity contribution in [1.29, 1.82) is 0 Å². The van der Waals surface area contributed by atoms with E-state index >= 15 is 0 Å². The summed E-state index contributed by atoms with van der Waals surface area (Å²) in [7, 11) is 0. The zero-order chi connectivity index (χ0) is 24.2. The molecular formula is C30H28N4O. The fraction of sp³-hybridized carbons (Fsp3) is 0.133. The van der Waals surface area contributed by atoms with E-state index in [0.717, 1.165) is 51.0 Å². The van der Waals surface area contributed by atoms with Crippen molar-refractivity contribution in [2.75, 3.05) is 6.61 Å². The van der Waals surface area contributed by atoms with E-state index in [1.54, 1.807) is 6.20 Å². The number of H-pyrrole nitrogens is 1. The molecule has 0 saturated carbocycles. The second kappa shape index (κ2) is 9.95. The molecule has 35 heavy (non-hydrogen) atoms. The van der Waals surface area contributed by atoms with Gasteiger partial charge in [0.15, 0.2) is 0 Å². The summed E-state index contributed by atoms with van der Waals surface area (Å²) in [6, 6.07) is 28.6. The van der Waals surface area contributed by atoms with Crippen LogP contribution in [0.3, 0.4) is 0 Å². The lowest BCUT2D eigenvalue weighted by Gasteiger charge is -2.16. The molecule has 5 nitrogen and oxygen atoms in total. The summed E-state index contributed by atoms with van der Waals surface area (Å²) in [4.78, 5) is 4.81. The highest BCUT2D eigenvalue weighted by Crippen LogP contribution is 2.35. The molecule has 0 bridgehead atoms. The molecule has 0 aliphatic heterocycles. The van der Waals surface area contributed by atoms with Crippen LogP contribution in [0.1, 0.15) is 18.2 Å². The first-order valence-electron chi connectivity index (χ1n) is 11.7. The Bertz CT molecular complexity index is 1460. The topological polar surface area (TPSA) is 76.8 Å². The van der Waals surface area contributed by atoms with E-state index in [2.05, 4.69) is 53.2 Å². The zero-order valence-corrected chi connectivity index (χ0v) is 19.7. The Kier molecular flexibility index (Phi) is 6.42. The number of hydrogen-bond acceptors (Lipinski definition) is 4. The van der Waals surface area contributed by atoms with Gasteiger partial charge in [-0.2, -0.15) is 5.10 Å². The van der Waals surface area contributed by atoms with E-state index < -0.39 is 0 Å². The number of hydrogen-bond donors (Lipinski definition) is 2. The summed E-state index contributed by atoms with van der Waals surface area (Å²) in [5.74, 6) is 0.690. The smallest absolute Gasteiger partial charge is 0.138 e. The molecular weight excluding hydrogens is 432 g/mol. The summed E-state index contributed by atoms with van der Waals surface area (Å²) in [5, 5.41) is 8.56. The maximum atomic E-state index is 6.35. The van der Waals surface area contributed by atoms with Gasteiger partial charge in [0.2, 0.25) is 0 Å². The van der Waals surface area contributed by atoms with Gasteiger partial charge < -0.3 is 10.5 Å². The molecule has 2 heterocycles. The van der Waals surface area contributed by atoms with Gasteiger partial charge in [-0.1, -0.05) is 73.3 Å². The van der Waals surface area contributed by atoms with Gasteiger partial charge in [0.1, 0.15) is 12.4 Å². The van der Waals surface area contributed by atoms with Crippen LogP contribution in [0.2, 0.25) is 0 Å². The first kappa shape index (κ1) is 22.6. The van der Waals surface area contributed by atoms with Gasteiger partial charge in [-0.15, -0.1) is 0 Å². The van der Waals surface area contributed by atoms with Crippen LogP contribution in [0.5, 0.6) is 5.75 Å². The number of pyridine rings is 1. The summed E-state index contributed by atoms with van der Waals surface area (Å²) >= 11 is 0. The number of allylic oxidation sites excluding steroid dienone is 1. The lowest BCUT2D eigenvalue weighted by Crippen LogP contribution is -2.30. The van der Waals surface area contributed by atoms with E-state index in [9.17, 15) is 0 Å². The number of nitrogens with zero attached hydrogens (tertiary/aromatic N) is 2. The Labute approximate surface area is 205 Å². The Morgan fingerprint density at radius 1 is 0.971 bits per heavy atom. The number of benzene rings is 3. The molecule has 0 radical (unpaired) electrons. The largest absolute Gasteiger partial charge is 0.490 e. The van der Waals surface area contributed by atoms with Crippen LogP contribution in [0.15, 0.2) is 97.7 Å². The van der Waals surface area contributed by atoms with Gasteiger partial charge in [0.25, 0.3) is 0 Å². The van der Waals surface area contributed by atoms with Crippen molar-refractivity contribution < 1.29 is 4.74 Å². The first-order valence-corrected chi connectivity index (χ1v) is 11.7. The Hall–Kier alpha value is -4.22. The van der Waals surface area contributed by atoms with Crippen LogP contribution < -0.4 is 10.5 Å². The van der Waals surface area contributed by atoms with E-state index in [0.29, 0.717) is 12.4 Å². The lowest BCUT2D eigenvalue weighted by molar-refractivity contribution is 0.287. The van der Waals surface area contributed by atoms with E-state index in [-0.39, 0.29) is 6.04 Å². The molecule has 3 aromatic carbocycles. The Balaban J connectivity index is 1.48. The van der Waals surface area contributed by atoms with Crippen molar-refractivity contribution in [3.63, 3.8) is 0 Å². The zero-order valence-electron chi connectivity index (χ0n) is 19.7.